The van der Waals surface area contributed by atoms with E-state index < -0.39 is 0 Å². The minimum Gasteiger partial charge on any atom is -0.481 e. The van der Waals surface area contributed by atoms with Gasteiger partial charge in [-0.25, -0.2) is 4.98 Å². The molecule has 2 aliphatic heterocycles. The first-order valence-electron chi connectivity index (χ1n) is 7.66. The molecule has 1 N–H and O–H groups in total. The van der Waals surface area contributed by atoms with E-state index in [4.69, 9.17) is 14.2 Å². The van der Waals surface area contributed by atoms with E-state index in [1.165, 1.54) is 0 Å². The van der Waals surface area contributed by atoms with Crippen LogP contribution in [0.15, 0.2) is 18.3 Å². The molecule has 0 aliphatic carbocycles. The molecule has 2 fully saturated rings. The van der Waals surface area contributed by atoms with Crippen molar-refractivity contribution in [3.63, 3.8) is 0 Å². The van der Waals surface area contributed by atoms with Crippen LogP contribution in [0, 0.1) is 5.92 Å². The number of hydrogen-bond acceptors (Lipinski definition) is 5. The molecule has 0 saturated carbocycles. The van der Waals surface area contributed by atoms with Crippen LogP contribution in [0.1, 0.15) is 30.9 Å². The molecule has 21 heavy (non-hydrogen) atoms. The first-order chi connectivity index (χ1) is 10.3. The maximum atomic E-state index is 6.04. The number of aromatic nitrogens is 1. The van der Waals surface area contributed by atoms with Crippen LogP contribution < -0.4 is 10.1 Å². The molecule has 0 amide bonds. The number of nitrogens with one attached hydrogen (secondary N) is 1. The van der Waals surface area contributed by atoms with Crippen LogP contribution in [0.25, 0.3) is 0 Å². The average Bonchev–Trinajstić information content (AvgIpc) is 2.96. The van der Waals surface area contributed by atoms with E-state index >= 15 is 0 Å². The third-order valence-corrected chi connectivity index (χ3v) is 4.71. The maximum Gasteiger partial charge on any atom is 0.217 e. The molecular weight excluding hydrogens is 268 g/mol. The Morgan fingerprint density at radius 1 is 1.48 bits per heavy atom. The van der Waals surface area contributed by atoms with E-state index in [9.17, 15) is 0 Å². The summed E-state index contributed by atoms with van der Waals surface area (Å²) in [7, 11) is 3.68. The van der Waals surface area contributed by atoms with Gasteiger partial charge in [0.25, 0.3) is 0 Å². The topological polar surface area (TPSA) is 52.6 Å². The van der Waals surface area contributed by atoms with E-state index in [-0.39, 0.29) is 11.6 Å². The van der Waals surface area contributed by atoms with Crippen molar-refractivity contribution >= 4 is 0 Å². The molecule has 116 valence electrons. The van der Waals surface area contributed by atoms with Gasteiger partial charge in [-0.1, -0.05) is 6.07 Å². The highest BCUT2D eigenvalue weighted by atomic mass is 16.6. The molecule has 2 aliphatic rings. The lowest BCUT2D eigenvalue weighted by Gasteiger charge is -2.40. The summed E-state index contributed by atoms with van der Waals surface area (Å²) in [6.45, 7) is 2.34. The summed E-state index contributed by atoms with van der Waals surface area (Å²) in [5.74, 6) is 1.21. The van der Waals surface area contributed by atoms with E-state index in [2.05, 4.69) is 16.4 Å². The zero-order chi connectivity index (χ0) is 14.7. The normalized spacial score (nSPS) is 30.5. The summed E-state index contributed by atoms with van der Waals surface area (Å²) < 4.78 is 17.0. The highest BCUT2D eigenvalue weighted by molar-refractivity contribution is 5.29. The van der Waals surface area contributed by atoms with Crippen molar-refractivity contribution in [1.82, 2.24) is 10.3 Å². The molecule has 5 heteroatoms. The van der Waals surface area contributed by atoms with Gasteiger partial charge in [0.2, 0.25) is 5.88 Å². The van der Waals surface area contributed by atoms with Gasteiger partial charge in [0.1, 0.15) is 0 Å². The Bertz CT molecular complexity index is 474. The molecular formula is C16H24N2O3. The molecule has 3 heterocycles. The van der Waals surface area contributed by atoms with Gasteiger partial charge in [-0.15, -0.1) is 0 Å². The molecule has 0 radical (unpaired) electrons. The summed E-state index contributed by atoms with van der Waals surface area (Å²) in [5, 5.41) is 3.45. The second-order valence-electron chi connectivity index (χ2n) is 5.96. The van der Waals surface area contributed by atoms with Crippen LogP contribution in [-0.4, -0.2) is 44.6 Å². The van der Waals surface area contributed by atoms with Crippen molar-refractivity contribution in [2.24, 2.45) is 5.92 Å². The van der Waals surface area contributed by atoms with Crippen LogP contribution in [0.5, 0.6) is 5.88 Å². The van der Waals surface area contributed by atoms with E-state index in [0.29, 0.717) is 11.8 Å². The molecule has 1 aromatic rings. The highest BCUT2D eigenvalue weighted by Gasteiger charge is 2.43. The van der Waals surface area contributed by atoms with E-state index in [0.717, 1.165) is 44.6 Å². The quantitative estimate of drug-likeness (QED) is 0.919. The molecule has 2 saturated heterocycles. The minimum absolute atomic E-state index is 0.0759. The van der Waals surface area contributed by atoms with Crippen molar-refractivity contribution in [2.45, 2.75) is 30.9 Å². The van der Waals surface area contributed by atoms with Crippen molar-refractivity contribution in [3.05, 3.63) is 23.9 Å². The Kier molecular flexibility index (Phi) is 4.42. The molecule has 3 unspecified atom stereocenters. The maximum absolute atomic E-state index is 6.04. The lowest BCUT2D eigenvalue weighted by Crippen LogP contribution is -2.43. The largest absolute Gasteiger partial charge is 0.481 e. The van der Waals surface area contributed by atoms with Crippen LogP contribution in [0.2, 0.25) is 0 Å². The summed E-state index contributed by atoms with van der Waals surface area (Å²) in [4.78, 5) is 4.33. The molecule has 3 atom stereocenters. The van der Waals surface area contributed by atoms with Gasteiger partial charge in [-0.05, 0) is 31.9 Å². The molecule has 0 aromatic carbocycles. The SMILES string of the molecule is CNC(c1cccnc1OC)C1CCOC2(CCOC2)C1. The lowest BCUT2D eigenvalue weighted by atomic mass is 9.79. The zero-order valence-electron chi connectivity index (χ0n) is 12.8. The van der Waals surface area contributed by atoms with Gasteiger partial charge < -0.3 is 19.5 Å². The molecule has 1 aromatic heterocycles. The number of methoxy groups -OCH3 is 1. The third kappa shape index (κ3) is 2.91. The highest BCUT2D eigenvalue weighted by Crippen LogP contribution is 2.42. The molecule has 3 rings (SSSR count). The van der Waals surface area contributed by atoms with Crippen LogP contribution in [0.4, 0.5) is 0 Å². The number of pyridine rings is 1. The van der Waals surface area contributed by atoms with Gasteiger partial charge in [0, 0.05) is 37.4 Å². The van der Waals surface area contributed by atoms with Gasteiger partial charge in [0.15, 0.2) is 0 Å². The molecule has 1 spiro atoms. The number of ether oxygens (including phenoxy) is 3. The monoisotopic (exact) mass is 292 g/mol. The van der Waals surface area contributed by atoms with Crippen molar-refractivity contribution < 1.29 is 14.2 Å². The fourth-order valence-electron chi connectivity index (χ4n) is 3.67. The van der Waals surface area contributed by atoms with Crippen molar-refractivity contribution in [2.75, 3.05) is 34.0 Å². The number of nitrogens with zero attached hydrogens (tertiary/aromatic N) is 1. The predicted molar refractivity (Wildman–Crippen MR) is 79.4 cm³/mol. The first kappa shape index (κ1) is 14.8. The van der Waals surface area contributed by atoms with Gasteiger partial charge in [-0.3, -0.25) is 0 Å². The Balaban J connectivity index is 1.82. The number of rotatable bonds is 4. The average molecular weight is 292 g/mol. The van der Waals surface area contributed by atoms with Crippen LogP contribution in [-0.2, 0) is 9.47 Å². The third-order valence-electron chi connectivity index (χ3n) is 4.71. The van der Waals surface area contributed by atoms with E-state index in [1.54, 1.807) is 13.3 Å². The van der Waals surface area contributed by atoms with Gasteiger partial charge >= 0.3 is 0 Å². The Morgan fingerprint density at radius 2 is 2.38 bits per heavy atom. The smallest absolute Gasteiger partial charge is 0.217 e. The second kappa shape index (κ2) is 6.30. The summed E-state index contributed by atoms with van der Waals surface area (Å²) in [5.41, 5.74) is 1.05. The zero-order valence-corrected chi connectivity index (χ0v) is 12.8. The summed E-state index contributed by atoms with van der Waals surface area (Å²) in [6, 6.07) is 4.30. The van der Waals surface area contributed by atoms with Gasteiger partial charge in [-0.2, -0.15) is 0 Å². The molecule has 0 bridgehead atoms. The predicted octanol–water partition coefficient (Wildman–Crippen LogP) is 1.94. The minimum atomic E-state index is -0.0759. The standard InChI is InChI=1S/C16H24N2O3/c1-17-14(13-4-3-7-18-15(13)19-2)12-5-8-21-16(10-12)6-9-20-11-16/h3-4,7,12,14,17H,5-6,8-11H2,1-2H3. The Hall–Kier alpha value is -1.17. The Labute approximate surface area is 126 Å². The fourth-order valence-corrected chi connectivity index (χ4v) is 3.67. The summed E-state index contributed by atoms with van der Waals surface area (Å²) >= 11 is 0. The second-order valence-corrected chi connectivity index (χ2v) is 5.96. The van der Waals surface area contributed by atoms with E-state index in [1.807, 2.05) is 13.1 Å². The van der Waals surface area contributed by atoms with Gasteiger partial charge in [0.05, 0.1) is 19.3 Å². The molecule has 5 nitrogen and oxygen atoms in total. The number of hydrogen-bond donors (Lipinski definition) is 1. The van der Waals surface area contributed by atoms with Crippen molar-refractivity contribution in [1.29, 1.82) is 0 Å². The van der Waals surface area contributed by atoms with Crippen LogP contribution >= 0.6 is 0 Å². The lowest BCUT2D eigenvalue weighted by molar-refractivity contribution is -0.103. The fraction of sp³-hybridized carbons (Fsp3) is 0.688. The first-order valence-corrected chi connectivity index (χ1v) is 7.66. The Morgan fingerprint density at radius 3 is 3.10 bits per heavy atom. The summed E-state index contributed by atoms with van der Waals surface area (Å²) in [6.07, 6.45) is 4.84. The van der Waals surface area contributed by atoms with Crippen molar-refractivity contribution in [3.8, 4) is 5.88 Å². The van der Waals surface area contributed by atoms with Crippen LogP contribution in [0.3, 0.4) is 0 Å².